The smallest absolute Gasteiger partial charge is 0.412 e. The molecule has 38 heavy (non-hydrogen) atoms. The average molecular weight is 529 g/mol. The van der Waals surface area contributed by atoms with Crippen LogP contribution in [0.15, 0.2) is 71.4 Å². The predicted octanol–water partition coefficient (Wildman–Crippen LogP) is 7.19. The van der Waals surface area contributed by atoms with E-state index in [1.807, 2.05) is 42.5 Å². The fraction of sp³-hybridized carbons (Fsp3) is 0.233. The molecule has 2 aliphatic rings. The van der Waals surface area contributed by atoms with E-state index < -0.39 is 23.6 Å². The van der Waals surface area contributed by atoms with Gasteiger partial charge in [-0.1, -0.05) is 65.3 Å². The van der Waals surface area contributed by atoms with Crippen molar-refractivity contribution in [3.63, 3.8) is 0 Å². The van der Waals surface area contributed by atoms with Crippen LogP contribution in [0.2, 0.25) is 5.02 Å². The molecule has 2 aliphatic carbocycles. The number of benzene rings is 3. The monoisotopic (exact) mass is 528 g/mol. The molecule has 4 aromatic rings. The third-order valence-electron chi connectivity index (χ3n) is 7.57. The fourth-order valence-corrected chi connectivity index (χ4v) is 5.58. The molecule has 1 saturated carbocycles. The number of carbonyl (C=O) groups excluding carboxylic acids is 1. The van der Waals surface area contributed by atoms with Crippen LogP contribution in [-0.4, -0.2) is 22.3 Å². The average Bonchev–Trinajstić information content (AvgIpc) is 3.61. The zero-order valence-corrected chi connectivity index (χ0v) is 21.4. The van der Waals surface area contributed by atoms with Crippen LogP contribution in [0.25, 0.3) is 22.5 Å². The number of anilines is 1. The van der Waals surface area contributed by atoms with Gasteiger partial charge in [-0.25, -0.2) is 4.79 Å². The molecular weight excluding hydrogens is 504 g/mol. The lowest BCUT2D eigenvalue weighted by atomic mass is 9.82. The number of nitrogens with one attached hydrogen (secondary N) is 1. The van der Waals surface area contributed by atoms with E-state index in [9.17, 15) is 14.7 Å². The highest BCUT2D eigenvalue weighted by atomic mass is 35.5. The van der Waals surface area contributed by atoms with Crippen molar-refractivity contribution in [2.75, 3.05) is 5.32 Å². The minimum Gasteiger partial charge on any atom is -0.481 e. The Bertz CT molecular complexity index is 1570. The van der Waals surface area contributed by atoms with Crippen LogP contribution in [0.5, 0.6) is 0 Å². The van der Waals surface area contributed by atoms with Gasteiger partial charge in [0, 0.05) is 16.1 Å². The predicted molar refractivity (Wildman–Crippen MR) is 143 cm³/mol. The van der Waals surface area contributed by atoms with Gasteiger partial charge in [0.25, 0.3) is 0 Å². The van der Waals surface area contributed by atoms with Gasteiger partial charge in [-0.2, -0.15) is 0 Å². The first-order chi connectivity index (χ1) is 18.4. The minimum atomic E-state index is -0.739. The van der Waals surface area contributed by atoms with Crippen molar-refractivity contribution in [3.8, 4) is 22.5 Å². The Kier molecular flexibility index (Phi) is 5.95. The van der Waals surface area contributed by atoms with Crippen LogP contribution >= 0.6 is 11.6 Å². The molecule has 7 nitrogen and oxygen atoms in total. The number of aryl methyl sites for hydroxylation is 2. The number of carboxylic acid groups (broad SMARTS) is 1. The molecule has 0 aliphatic heterocycles. The van der Waals surface area contributed by atoms with Crippen molar-refractivity contribution >= 4 is 29.4 Å². The molecule has 0 bridgehead atoms. The zero-order valence-electron chi connectivity index (χ0n) is 20.7. The number of amides is 1. The van der Waals surface area contributed by atoms with E-state index in [1.54, 1.807) is 13.0 Å². The molecule has 1 heterocycles. The number of carbonyl (C=O) groups is 2. The van der Waals surface area contributed by atoms with Gasteiger partial charge >= 0.3 is 12.1 Å². The number of ether oxygens (including phenoxy) is 1. The van der Waals surface area contributed by atoms with Crippen molar-refractivity contribution in [2.24, 2.45) is 0 Å². The number of halogens is 1. The zero-order chi connectivity index (χ0) is 26.4. The summed E-state index contributed by atoms with van der Waals surface area (Å²) < 4.78 is 11.0. The van der Waals surface area contributed by atoms with Crippen LogP contribution in [0, 0.1) is 0 Å². The number of aliphatic carboxylic acids is 1. The second-order valence-corrected chi connectivity index (χ2v) is 10.3. The van der Waals surface area contributed by atoms with Crippen LogP contribution in [-0.2, 0) is 27.8 Å². The topological polar surface area (TPSA) is 102 Å². The highest BCUT2D eigenvalue weighted by molar-refractivity contribution is 6.31. The molecule has 0 saturated heterocycles. The number of hydrogen-bond donors (Lipinski definition) is 2. The lowest BCUT2D eigenvalue weighted by Gasteiger charge is -2.22. The van der Waals surface area contributed by atoms with Gasteiger partial charge in [-0.05, 0) is 72.6 Å². The highest BCUT2D eigenvalue weighted by Gasteiger charge is 2.51. The van der Waals surface area contributed by atoms with E-state index in [1.165, 1.54) is 11.8 Å². The van der Waals surface area contributed by atoms with Gasteiger partial charge in [0.1, 0.15) is 11.8 Å². The van der Waals surface area contributed by atoms with E-state index >= 15 is 0 Å². The summed E-state index contributed by atoms with van der Waals surface area (Å²) in [6, 6.07) is 19.3. The molecule has 1 unspecified atom stereocenters. The first-order valence-corrected chi connectivity index (χ1v) is 12.9. The molecule has 1 amide bonds. The number of carboxylic acids is 1. The van der Waals surface area contributed by atoms with Crippen LogP contribution in [0.4, 0.5) is 10.5 Å². The Labute approximate surface area is 224 Å². The third kappa shape index (κ3) is 4.23. The largest absolute Gasteiger partial charge is 0.481 e. The first kappa shape index (κ1) is 24.2. The Morgan fingerprint density at radius 3 is 2.47 bits per heavy atom. The summed E-state index contributed by atoms with van der Waals surface area (Å²) in [6.07, 6.45) is 3.29. The summed E-state index contributed by atoms with van der Waals surface area (Å²) in [4.78, 5) is 24.4. The van der Waals surface area contributed by atoms with E-state index in [-0.39, 0.29) is 0 Å². The summed E-state index contributed by atoms with van der Waals surface area (Å²) in [6.45, 7) is 1.76. The molecule has 1 fully saturated rings. The molecule has 0 radical (unpaired) electrons. The quantitative estimate of drug-likeness (QED) is 0.274. The van der Waals surface area contributed by atoms with Gasteiger partial charge in [-0.15, -0.1) is 0 Å². The SMILES string of the molecule is CC(OC(=O)Nc1cnoc1-c1ccc2c(c1)CCc1cc(C3(C(=O)O)CC3)ccc1-2)c1ccccc1Cl. The van der Waals surface area contributed by atoms with Gasteiger partial charge < -0.3 is 14.4 Å². The van der Waals surface area contributed by atoms with Crippen LogP contribution in [0.3, 0.4) is 0 Å². The summed E-state index contributed by atoms with van der Waals surface area (Å²) in [7, 11) is 0. The summed E-state index contributed by atoms with van der Waals surface area (Å²) in [5, 5.41) is 16.8. The maximum absolute atomic E-state index is 12.6. The Hall–Kier alpha value is -4.10. The first-order valence-electron chi connectivity index (χ1n) is 12.5. The molecule has 3 aromatic carbocycles. The molecular formula is C30H25ClN2O5. The van der Waals surface area contributed by atoms with E-state index in [0.29, 0.717) is 34.9 Å². The Balaban J connectivity index is 1.21. The minimum absolute atomic E-state index is 0.408. The standard InChI is InChI=1S/C30H25ClN2O5/c1-17(22-4-2-3-5-25(22)31)37-29(36)33-26-16-32-38-27(26)20-8-10-23-18(14-20)6-7-19-15-21(9-11-24(19)23)30(12-13-30)28(34)35/h2-5,8-11,14-17H,6-7,12-13H2,1H3,(H,33,36)(H,34,35). The van der Waals surface area contributed by atoms with Gasteiger partial charge in [0.05, 0.1) is 11.6 Å². The van der Waals surface area contributed by atoms with Crippen LogP contribution in [0.1, 0.15) is 48.1 Å². The van der Waals surface area contributed by atoms with Crippen molar-refractivity contribution in [1.29, 1.82) is 0 Å². The summed E-state index contributed by atoms with van der Waals surface area (Å²) >= 11 is 6.22. The van der Waals surface area contributed by atoms with Gasteiger partial charge in [0.2, 0.25) is 0 Å². The van der Waals surface area contributed by atoms with Gasteiger partial charge in [0.15, 0.2) is 5.76 Å². The summed E-state index contributed by atoms with van der Waals surface area (Å²) in [5.74, 6) is -0.301. The third-order valence-corrected chi connectivity index (χ3v) is 7.92. The Morgan fingerprint density at radius 2 is 1.76 bits per heavy atom. The van der Waals surface area contributed by atoms with E-state index in [4.69, 9.17) is 20.9 Å². The maximum Gasteiger partial charge on any atom is 0.412 e. The lowest BCUT2D eigenvalue weighted by Crippen LogP contribution is -2.20. The molecule has 2 N–H and O–H groups in total. The fourth-order valence-electron chi connectivity index (χ4n) is 5.29. The molecule has 8 heteroatoms. The second-order valence-electron chi connectivity index (χ2n) is 9.89. The lowest BCUT2D eigenvalue weighted by molar-refractivity contribution is -0.140. The highest BCUT2D eigenvalue weighted by Crippen LogP contribution is 2.50. The number of aromatic nitrogens is 1. The van der Waals surface area contributed by atoms with Gasteiger partial charge in [-0.3, -0.25) is 10.1 Å². The molecule has 1 atom stereocenters. The van der Waals surface area contributed by atoms with E-state index in [2.05, 4.69) is 22.6 Å². The number of rotatable bonds is 6. The molecule has 0 spiro atoms. The summed E-state index contributed by atoms with van der Waals surface area (Å²) in [5.41, 5.74) is 6.67. The number of hydrogen-bond acceptors (Lipinski definition) is 5. The van der Waals surface area contributed by atoms with Crippen LogP contribution < -0.4 is 5.32 Å². The van der Waals surface area contributed by atoms with Crippen molar-refractivity contribution in [2.45, 2.75) is 44.1 Å². The van der Waals surface area contributed by atoms with Crippen molar-refractivity contribution < 1.29 is 24.0 Å². The second kappa shape index (κ2) is 9.33. The molecule has 192 valence electrons. The molecule has 1 aromatic heterocycles. The van der Waals surface area contributed by atoms with E-state index in [0.717, 1.165) is 40.7 Å². The number of fused-ring (bicyclic) bond motifs is 3. The molecule has 6 rings (SSSR count). The number of nitrogens with zero attached hydrogens (tertiary/aromatic N) is 1. The Morgan fingerprint density at radius 1 is 1.05 bits per heavy atom. The maximum atomic E-state index is 12.6. The normalized spacial score (nSPS) is 15.6. The van der Waals surface area contributed by atoms with Crippen molar-refractivity contribution in [3.05, 3.63) is 94.1 Å². The van der Waals surface area contributed by atoms with Crippen molar-refractivity contribution in [1.82, 2.24) is 5.16 Å².